The third-order valence-corrected chi connectivity index (χ3v) is 3.28. The number of nitrogens with zero attached hydrogens (tertiary/aromatic N) is 1. The number of carbonyl (C=O) groups excluding carboxylic acids is 1. The van der Waals surface area contributed by atoms with E-state index in [-0.39, 0.29) is 23.4 Å². The van der Waals surface area contributed by atoms with Crippen LogP contribution in [0.3, 0.4) is 0 Å². The lowest BCUT2D eigenvalue weighted by Gasteiger charge is -2.24. The van der Waals surface area contributed by atoms with E-state index in [2.05, 4.69) is 10.3 Å². The molecule has 2 N–H and O–H groups in total. The first-order valence-corrected chi connectivity index (χ1v) is 6.39. The predicted octanol–water partition coefficient (Wildman–Crippen LogP) is 1.98. The lowest BCUT2D eigenvalue weighted by Crippen LogP contribution is -2.32. The molecule has 1 amide bonds. The van der Waals surface area contributed by atoms with Crippen LogP contribution < -0.4 is 10.1 Å². The van der Waals surface area contributed by atoms with Gasteiger partial charge in [-0.25, -0.2) is 4.98 Å². The van der Waals surface area contributed by atoms with E-state index in [1.54, 1.807) is 6.07 Å². The predicted molar refractivity (Wildman–Crippen MR) is 73.7 cm³/mol. The van der Waals surface area contributed by atoms with E-state index in [0.29, 0.717) is 13.0 Å². The van der Waals surface area contributed by atoms with E-state index in [4.69, 9.17) is 4.74 Å². The van der Waals surface area contributed by atoms with Gasteiger partial charge in [-0.3, -0.25) is 4.79 Å². The van der Waals surface area contributed by atoms with E-state index in [1.165, 1.54) is 12.3 Å². The molecule has 1 atom stereocenters. The lowest BCUT2D eigenvalue weighted by atomic mass is 9.96. The molecule has 0 bridgehead atoms. The Morgan fingerprint density at radius 1 is 1.30 bits per heavy atom. The summed E-state index contributed by atoms with van der Waals surface area (Å²) in [5.74, 6) is 0.478. The number of fused-ring (bicyclic) bond motifs is 1. The highest BCUT2D eigenvalue weighted by molar-refractivity contribution is 5.93. The Balaban J connectivity index is 1.72. The summed E-state index contributed by atoms with van der Waals surface area (Å²) in [7, 11) is 0. The zero-order valence-electron chi connectivity index (χ0n) is 10.7. The summed E-state index contributed by atoms with van der Waals surface area (Å²) in [5, 5.41) is 12.2. The molecule has 0 saturated carbocycles. The van der Waals surface area contributed by atoms with Crippen LogP contribution in [0.1, 0.15) is 5.56 Å². The van der Waals surface area contributed by atoms with Crippen LogP contribution >= 0.6 is 0 Å². The highest BCUT2D eigenvalue weighted by Gasteiger charge is 2.26. The topological polar surface area (TPSA) is 71.5 Å². The van der Waals surface area contributed by atoms with Gasteiger partial charge in [-0.1, -0.05) is 18.2 Å². The number of benzene rings is 1. The molecule has 0 radical (unpaired) electrons. The van der Waals surface area contributed by atoms with Crippen LogP contribution in [0, 0.1) is 5.92 Å². The molecule has 5 nitrogen and oxygen atoms in total. The van der Waals surface area contributed by atoms with Crippen LogP contribution in [-0.2, 0) is 11.2 Å². The van der Waals surface area contributed by atoms with Gasteiger partial charge in [-0.15, -0.1) is 0 Å². The summed E-state index contributed by atoms with van der Waals surface area (Å²) in [4.78, 5) is 16.1. The van der Waals surface area contributed by atoms with Crippen molar-refractivity contribution in [3.63, 3.8) is 0 Å². The SMILES string of the molecule is O=C(Nc1ncccc1O)C1COc2ccccc2C1. The van der Waals surface area contributed by atoms with Crippen LogP contribution in [0.25, 0.3) is 0 Å². The maximum atomic E-state index is 12.2. The minimum Gasteiger partial charge on any atom is -0.504 e. The number of nitrogens with one attached hydrogen (secondary N) is 1. The molecule has 102 valence electrons. The normalized spacial score (nSPS) is 16.9. The number of amides is 1. The minimum absolute atomic E-state index is 0.0435. The van der Waals surface area contributed by atoms with Gasteiger partial charge in [-0.05, 0) is 30.2 Å². The summed E-state index contributed by atoms with van der Waals surface area (Å²) in [6.07, 6.45) is 2.14. The van der Waals surface area contributed by atoms with E-state index in [0.717, 1.165) is 11.3 Å². The van der Waals surface area contributed by atoms with Crippen molar-refractivity contribution < 1.29 is 14.6 Å². The Labute approximate surface area is 116 Å². The molecule has 1 aromatic carbocycles. The maximum absolute atomic E-state index is 12.2. The number of carbonyl (C=O) groups is 1. The van der Waals surface area contributed by atoms with Crippen LogP contribution in [0.5, 0.6) is 11.5 Å². The quantitative estimate of drug-likeness (QED) is 0.875. The van der Waals surface area contributed by atoms with E-state index < -0.39 is 0 Å². The van der Waals surface area contributed by atoms with E-state index >= 15 is 0 Å². The average molecular weight is 270 g/mol. The van der Waals surface area contributed by atoms with Crippen LogP contribution in [0.2, 0.25) is 0 Å². The molecule has 3 rings (SSSR count). The van der Waals surface area contributed by atoms with Gasteiger partial charge in [0.05, 0.1) is 5.92 Å². The first-order chi connectivity index (χ1) is 9.74. The van der Waals surface area contributed by atoms with Crippen molar-refractivity contribution in [2.75, 3.05) is 11.9 Å². The monoisotopic (exact) mass is 270 g/mol. The van der Waals surface area contributed by atoms with Crippen molar-refractivity contribution in [3.05, 3.63) is 48.2 Å². The Hall–Kier alpha value is -2.56. The fraction of sp³-hybridized carbons (Fsp3) is 0.200. The Morgan fingerprint density at radius 2 is 2.15 bits per heavy atom. The number of aromatic nitrogens is 1. The number of rotatable bonds is 2. The third kappa shape index (κ3) is 2.42. The second-order valence-electron chi connectivity index (χ2n) is 4.68. The number of anilines is 1. The first-order valence-electron chi connectivity index (χ1n) is 6.39. The molecule has 1 aliphatic heterocycles. The largest absolute Gasteiger partial charge is 0.504 e. The van der Waals surface area contributed by atoms with E-state index in [1.807, 2.05) is 24.3 Å². The number of para-hydroxylation sites is 1. The molecule has 1 aliphatic rings. The van der Waals surface area contributed by atoms with Gasteiger partial charge < -0.3 is 15.2 Å². The van der Waals surface area contributed by atoms with Crippen molar-refractivity contribution in [3.8, 4) is 11.5 Å². The Kier molecular flexibility index (Phi) is 3.25. The van der Waals surface area contributed by atoms with Crippen molar-refractivity contribution in [2.45, 2.75) is 6.42 Å². The second kappa shape index (κ2) is 5.21. The Morgan fingerprint density at radius 3 is 3.00 bits per heavy atom. The standard InChI is InChI=1S/C15H14N2O3/c18-12-5-3-7-16-14(12)17-15(19)11-8-10-4-1-2-6-13(10)20-9-11/h1-7,11,18H,8-9H2,(H,16,17,19). The zero-order valence-corrected chi connectivity index (χ0v) is 10.7. The van der Waals surface area contributed by atoms with Gasteiger partial charge in [0.25, 0.3) is 0 Å². The number of ether oxygens (including phenoxy) is 1. The molecule has 0 fully saturated rings. The first kappa shape index (κ1) is 12.5. The van der Waals surface area contributed by atoms with Crippen LogP contribution in [-0.4, -0.2) is 22.6 Å². The molecule has 20 heavy (non-hydrogen) atoms. The van der Waals surface area contributed by atoms with Crippen LogP contribution in [0.15, 0.2) is 42.6 Å². The van der Waals surface area contributed by atoms with Gasteiger partial charge in [0, 0.05) is 6.20 Å². The number of aromatic hydroxyl groups is 1. The highest BCUT2D eigenvalue weighted by Crippen LogP contribution is 2.28. The molecule has 0 saturated heterocycles. The van der Waals surface area contributed by atoms with Crippen molar-refractivity contribution in [1.29, 1.82) is 0 Å². The molecular formula is C15H14N2O3. The van der Waals surface area contributed by atoms with Crippen molar-refractivity contribution in [1.82, 2.24) is 4.98 Å². The summed E-state index contributed by atoms with van der Waals surface area (Å²) < 4.78 is 5.58. The number of hydrogen-bond acceptors (Lipinski definition) is 4. The highest BCUT2D eigenvalue weighted by atomic mass is 16.5. The van der Waals surface area contributed by atoms with Crippen molar-refractivity contribution in [2.24, 2.45) is 5.92 Å². The molecule has 0 spiro atoms. The fourth-order valence-corrected chi connectivity index (χ4v) is 2.21. The van der Waals surface area contributed by atoms with Gasteiger partial charge in [0.1, 0.15) is 12.4 Å². The minimum atomic E-state index is -0.286. The summed E-state index contributed by atoms with van der Waals surface area (Å²) in [6, 6.07) is 10.8. The zero-order chi connectivity index (χ0) is 13.9. The number of pyridine rings is 1. The molecule has 0 aliphatic carbocycles. The summed E-state index contributed by atoms with van der Waals surface area (Å²) in [5.41, 5.74) is 1.02. The summed E-state index contributed by atoms with van der Waals surface area (Å²) >= 11 is 0. The fourth-order valence-electron chi connectivity index (χ4n) is 2.21. The second-order valence-corrected chi connectivity index (χ2v) is 4.68. The summed E-state index contributed by atoms with van der Waals surface area (Å²) in [6.45, 7) is 0.330. The number of hydrogen-bond donors (Lipinski definition) is 2. The smallest absolute Gasteiger partial charge is 0.232 e. The van der Waals surface area contributed by atoms with Gasteiger partial charge in [-0.2, -0.15) is 0 Å². The Bertz CT molecular complexity index is 643. The molecule has 5 heteroatoms. The molecular weight excluding hydrogens is 256 g/mol. The average Bonchev–Trinajstić information content (AvgIpc) is 2.49. The maximum Gasteiger partial charge on any atom is 0.232 e. The van der Waals surface area contributed by atoms with Crippen LogP contribution in [0.4, 0.5) is 5.82 Å². The molecule has 1 aromatic heterocycles. The third-order valence-electron chi connectivity index (χ3n) is 3.28. The van der Waals surface area contributed by atoms with Gasteiger partial charge in [0.2, 0.25) is 5.91 Å². The lowest BCUT2D eigenvalue weighted by molar-refractivity contribution is -0.121. The molecule has 1 unspecified atom stereocenters. The molecule has 2 heterocycles. The molecule has 2 aromatic rings. The van der Waals surface area contributed by atoms with Gasteiger partial charge >= 0.3 is 0 Å². The van der Waals surface area contributed by atoms with Gasteiger partial charge in [0.15, 0.2) is 11.6 Å². The van der Waals surface area contributed by atoms with E-state index in [9.17, 15) is 9.90 Å². The van der Waals surface area contributed by atoms with Crippen molar-refractivity contribution >= 4 is 11.7 Å².